The molecule has 1 aliphatic rings. The fourth-order valence-corrected chi connectivity index (χ4v) is 3.86. The molecule has 0 amide bonds. The first-order chi connectivity index (χ1) is 6.65. The highest BCUT2D eigenvalue weighted by Gasteiger charge is 2.28. The van der Waals surface area contributed by atoms with Crippen LogP contribution in [0.5, 0.6) is 0 Å². The number of hydrogen-bond acceptors (Lipinski definition) is 1. The second-order valence-corrected chi connectivity index (χ2v) is 6.05. The van der Waals surface area contributed by atoms with Crippen molar-refractivity contribution >= 4 is 11.8 Å². The SMILES string of the molecule is CC#CC(C)SC1C(C)CCCC1C. The molecule has 3 atom stereocenters. The highest BCUT2D eigenvalue weighted by atomic mass is 32.2. The predicted octanol–water partition coefficient (Wildman–Crippen LogP) is 3.96. The van der Waals surface area contributed by atoms with Crippen LogP contribution in [0.2, 0.25) is 0 Å². The molecule has 0 saturated heterocycles. The molecule has 0 nitrogen and oxygen atoms in total. The molecule has 1 aliphatic carbocycles. The maximum Gasteiger partial charge on any atom is 0.0631 e. The van der Waals surface area contributed by atoms with Crippen molar-refractivity contribution in [2.24, 2.45) is 11.8 Å². The minimum absolute atomic E-state index is 0.507. The molecule has 0 aliphatic heterocycles. The van der Waals surface area contributed by atoms with Gasteiger partial charge in [-0.2, -0.15) is 0 Å². The van der Waals surface area contributed by atoms with Gasteiger partial charge >= 0.3 is 0 Å². The second-order valence-electron chi connectivity index (χ2n) is 4.52. The van der Waals surface area contributed by atoms with Crippen LogP contribution >= 0.6 is 11.8 Å². The van der Waals surface area contributed by atoms with E-state index >= 15 is 0 Å². The van der Waals surface area contributed by atoms with Crippen molar-refractivity contribution in [1.82, 2.24) is 0 Å². The van der Waals surface area contributed by atoms with Crippen LogP contribution in [0.4, 0.5) is 0 Å². The Morgan fingerprint density at radius 2 is 1.79 bits per heavy atom. The van der Waals surface area contributed by atoms with Gasteiger partial charge in [0.05, 0.1) is 5.25 Å². The molecule has 0 aromatic heterocycles. The van der Waals surface area contributed by atoms with E-state index in [0.717, 1.165) is 17.1 Å². The fraction of sp³-hybridized carbons (Fsp3) is 0.846. The summed E-state index contributed by atoms with van der Waals surface area (Å²) in [5, 5.41) is 1.34. The van der Waals surface area contributed by atoms with E-state index in [4.69, 9.17) is 0 Å². The normalized spacial score (nSPS) is 34.4. The van der Waals surface area contributed by atoms with E-state index in [0.29, 0.717) is 5.25 Å². The molecule has 80 valence electrons. The third-order valence-electron chi connectivity index (χ3n) is 3.15. The van der Waals surface area contributed by atoms with Gasteiger partial charge in [0.1, 0.15) is 0 Å². The van der Waals surface area contributed by atoms with E-state index in [1.165, 1.54) is 19.3 Å². The van der Waals surface area contributed by atoms with Crippen LogP contribution in [0.3, 0.4) is 0 Å². The van der Waals surface area contributed by atoms with Gasteiger partial charge in [0.25, 0.3) is 0 Å². The Hall–Kier alpha value is -0.0900. The van der Waals surface area contributed by atoms with Gasteiger partial charge < -0.3 is 0 Å². The van der Waals surface area contributed by atoms with Gasteiger partial charge in [0.2, 0.25) is 0 Å². The average Bonchev–Trinajstić information content (AvgIpc) is 2.12. The Bertz CT molecular complexity index is 213. The van der Waals surface area contributed by atoms with E-state index in [9.17, 15) is 0 Å². The zero-order valence-electron chi connectivity index (χ0n) is 9.84. The highest BCUT2D eigenvalue weighted by Crippen LogP contribution is 2.38. The van der Waals surface area contributed by atoms with Gasteiger partial charge in [-0.25, -0.2) is 0 Å². The first kappa shape index (κ1) is 12.0. The van der Waals surface area contributed by atoms with Gasteiger partial charge in [-0.1, -0.05) is 26.2 Å². The van der Waals surface area contributed by atoms with Crippen molar-refractivity contribution in [3.63, 3.8) is 0 Å². The number of hydrogen-bond donors (Lipinski definition) is 0. The van der Waals surface area contributed by atoms with Crippen LogP contribution in [0.1, 0.15) is 47.0 Å². The van der Waals surface area contributed by atoms with Gasteiger partial charge in [-0.05, 0) is 38.5 Å². The average molecular weight is 210 g/mol. The van der Waals surface area contributed by atoms with E-state index in [-0.39, 0.29) is 0 Å². The maximum absolute atomic E-state index is 3.25. The molecule has 0 bridgehead atoms. The number of thioether (sulfide) groups is 1. The standard InChI is InChI=1S/C13H22S/c1-5-7-12(4)14-13-10(2)8-6-9-11(13)3/h10-13H,6,8-9H2,1-4H3. The minimum atomic E-state index is 0.507. The van der Waals surface area contributed by atoms with E-state index < -0.39 is 0 Å². The van der Waals surface area contributed by atoms with Crippen LogP contribution in [0.15, 0.2) is 0 Å². The lowest BCUT2D eigenvalue weighted by Gasteiger charge is -2.34. The minimum Gasteiger partial charge on any atom is -0.142 e. The Morgan fingerprint density at radius 1 is 1.21 bits per heavy atom. The van der Waals surface area contributed by atoms with Crippen molar-refractivity contribution in [2.45, 2.75) is 57.5 Å². The summed E-state index contributed by atoms with van der Waals surface area (Å²) >= 11 is 2.09. The zero-order valence-corrected chi connectivity index (χ0v) is 10.7. The summed E-state index contributed by atoms with van der Waals surface area (Å²) < 4.78 is 0. The lowest BCUT2D eigenvalue weighted by molar-refractivity contribution is 0.314. The molecule has 0 spiro atoms. The Balaban J connectivity index is 2.50. The Kier molecular flexibility index (Phi) is 4.89. The van der Waals surface area contributed by atoms with Crippen LogP contribution < -0.4 is 0 Å². The van der Waals surface area contributed by atoms with Crippen LogP contribution in [0, 0.1) is 23.7 Å². The molecule has 1 saturated carbocycles. The van der Waals surface area contributed by atoms with E-state index in [1.54, 1.807) is 0 Å². The molecule has 0 radical (unpaired) electrons. The van der Waals surface area contributed by atoms with Crippen molar-refractivity contribution in [3.8, 4) is 11.8 Å². The summed E-state index contributed by atoms with van der Waals surface area (Å²) in [6.07, 6.45) is 4.25. The summed E-state index contributed by atoms with van der Waals surface area (Å²) in [5.74, 6) is 8.02. The van der Waals surface area contributed by atoms with Crippen LogP contribution in [0.25, 0.3) is 0 Å². The monoisotopic (exact) mass is 210 g/mol. The second kappa shape index (κ2) is 5.71. The highest BCUT2D eigenvalue weighted by molar-refractivity contribution is 8.00. The quantitative estimate of drug-likeness (QED) is 0.622. The van der Waals surface area contributed by atoms with Crippen molar-refractivity contribution < 1.29 is 0 Å². The molecule has 1 rings (SSSR count). The first-order valence-corrected chi connectivity index (χ1v) is 6.67. The molecule has 14 heavy (non-hydrogen) atoms. The lowest BCUT2D eigenvalue weighted by Crippen LogP contribution is -2.28. The molecule has 0 aromatic carbocycles. The first-order valence-electron chi connectivity index (χ1n) is 5.73. The van der Waals surface area contributed by atoms with Crippen molar-refractivity contribution in [1.29, 1.82) is 0 Å². The largest absolute Gasteiger partial charge is 0.142 e. The van der Waals surface area contributed by atoms with Crippen LogP contribution in [-0.2, 0) is 0 Å². The molecule has 1 fully saturated rings. The van der Waals surface area contributed by atoms with E-state index in [1.807, 2.05) is 6.92 Å². The zero-order chi connectivity index (χ0) is 10.6. The molecule has 1 heteroatoms. The van der Waals surface area contributed by atoms with Gasteiger partial charge in [0, 0.05) is 5.25 Å². The Morgan fingerprint density at radius 3 is 2.29 bits per heavy atom. The summed E-state index contributed by atoms with van der Waals surface area (Å²) in [5.41, 5.74) is 0. The van der Waals surface area contributed by atoms with Crippen LogP contribution in [-0.4, -0.2) is 10.5 Å². The fourth-order valence-electron chi connectivity index (χ4n) is 2.39. The van der Waals surface area contributed by atoms with E-state index in [2.05, 4.69) is 44.4 Å². The van der Waals surface area contributed by atoms with Gasteiger partial charge in [-0.15, -0.1) is 17.7 Å². The molecular weight excluding hydrogens is 188 g/mol. The molecule has 0 heterocycles. The lowest BCUT2D eigenvalue weighted by atomic mass is 9.83. The van der Waals surface area contributed by atoms with Crippen molar-refractivity contribution in [2.75, 3.05) is 0 Å². The smallest absolute Gasteiger partial charge is 0.0631 e. The summed E-state index contributed by atoms with van der Waals surface area (Å²) in [7, 11) is 0. The number of rotatable bonds is 2. The third-order valence-corrected chi connectivity index (χ3v) is 4.92. The van der Waals surface area contributed by atoms with Gasteiger partial charge in [0.15, 0.2) is 0 Å². The van der Waals surface area contributed by atoms with Crippen molar-refractivity contribution in [3.05, 3.63) is 0 Å². The summed E-state index contributed by atoms with van der Waals surface area (Å²) in [4.78, 5) is 0. The third kappa shape index (κ3) is 3.24. The Labute approximate surface area is 93.2 Å². The maximum atomic E-state index is 3.25. The topological polar surface area (TPSA) is 0 Å². The molecule has 0 N–H and O–H groups in total. The molecule has 0 aromatic rings. The molecular formula is C13H22S. The molecule has 3 unspecified atom stereocenters. The summed E-state index contributed by atoms with van der Waals surface area (Å²) in [6, 6.07) is 0. The van der Waals surface area contributed by atoms with Gasteiger partial charge in [-0.3, -0.25) is 0 Å². The summed E-state index contributed by atoms with van der Waals surface area (Å²) in [6.45, 7) is 8.97. The predicted molar refractivity (Wildman–Crippen MR) is 66.5 cm³/mol.